The molecule has 0 radical (unpaired) electrons. The summed E-state index contributed by atoms with van der Waals surface area (Å²) in [7, 11) is -4.71. The fraction of sp³-hybridized carbons (Fsp3) is 0.333. The van der Waals surface area contributed by atoms with Gasteiger partial charge in [-0.05, 0) is 35.4 Å². The minimum atomic E-state index is -4.71. The molecule has 3 rings (SSSR count). The monoisotopic (exact) mass is 565 g/mol. The Kier molecular flexibility index (Phi) is 9.92. The van der Waals surface area contributed by atoms with Gasteiger partial charge in [0.2, 0.25) is 17.7 Å². The number of carbonyl (C=O) groups excluding carboxylic acids is 3. The van der Waals surface area contributed by atoms with Crippen molar-refractivity contribution in [1.29, 1.82) is 0 Å². The van der Waals surface area contributed by atoms with Crippen LogP contribution in [-0.4, -0.2) is 73.6 Å². The molecule has 2 atom stereocenters. The lowest BCUT2D eigenvalue weighted by Crippen LogP contribution is -2.55. The molecule has 204 valence electrons. The third kappa shape index (κ3) is 8.88. The van der Waals surface area contributed by atoms with E-state index in [0.717, 1.165) is 5.56 Å². The summed E-state index contributed by atoms with van der Waals surface area (Å²) in [6.07, 6.45) is 0.0648. The molecule has 0 saturated carbocycles. The number of benzene rings is 2. The van der Waals surface area contributed by atoms with Crippen molar-refractivity contribution < 1.29 is 43.2 Å². The van der Waals surface area contributed by atoms with Gasteiger partial charge in [0.15, 0.2) is 0 Å². The van der Waals surface area contributed by atoms with Crippen LogP contribution in [-0.2, 0) is 31.9 Å². The van der Waals surface area contributed by atoms with Crippen molar-refractivity contribution in [3.05, 3.63) is 65.2 Å². The van der Waals surface area contributed by atoms with Gasteiger partial charge in [-0.25, -0.2) is 9.36 Å². The standard InChI is InChI=1S/C24H28N3O9PS/c1-15(28)25-20(12-16-4-8-19(9-5-16)36-37(33,34)35)22(29)26-21-14-38-11-10-27(23(21)30)13-17-2-6-18(7-3-17)24(31)32/h2-9,20-21H,10-14H2,1H3,(H,25,28)(H,26,29)(H,31,32)(H2,33,34,35)/t20?,21-/m0/s1. The molecule has 0 bridgehead atoms. The molecule has 1 fully saturated rings. The summed E-state index contributed by atoms with van der Waals surface area (Å²) in [5, 5.41) is 14.4. The third-order valence-corrected chi connectivity index (χ3v) is 7.06. The van der Waals surface area contributed by atoms with E-state index >= 15 is 0 Å². The molecule has 14 heteroatoms. The van der Waals surface area contributed by atoms with Crippen LogP contribution in [0.1, 0.15) is 28.4 Å². The van der Waals surface area contributed by atoms with Gasteiger partial charge >= 0.3 is 13.8 Å². The number of thioether (sulfide) groups is 1. The summed E-state index contributed by atoms with van der Waals surface area (Å²) >= 11 is 1.51. The van der Waals surface area contributed by atoms with Crippen LogP contribution in [0.5, 0.6) is 5.75 Å². The maximum Gasteiger partial charge on any atom is 0.524 e. The van der Waals surface area contributed by atoms with Crippen molar-refractivity contribution in [2.75, 3.05) is 18.1 Å². The zero-order chi connectivity index (χ0) is 27.9. The van der Waals surface area contributed by atoms with Gasteiger partial charge in [-0.3, -0.25) is 24.2 Å². The summed E-state index contributed by atoms with van der Waals surface area (Å²) in [6, 6.07) is 10.1. The highest BCUT2D eigenvalue weighted by Crippen LogP contribution is 2.37. The molecule has 2 aromatic carbocycles. The molecule has 38 heavy (non-hydrogen) atoms. The maximum atomic E-state index is 13.3. The smallest absolute Gasteiger partial charge is 0.478 e. The zero-order valence-electron chi connectivity index (χ0n) is 20.4. The average Bonchev–Trinajstić information content (AvgIpc) is 3.00. The van der Waals surface area contributed by atoms with Gasteiger partial charge in [0.1, 0.15) is 17.8 Å². The first-order valence-corrected chi connectivity index (χ1v) is 14.2. The van der Waals surface area contributed by atoms with Gasteiger partial charge < -0.3 is 25.2 Å². The Morgan fingerprint density at radius 2 is 1.74 bits per heavy atom. The molecule has 1 saturated heterocycles. The molecular formula is C24H28N3O9PS. The highest BCUT2D eigenvalue weighted by molar-refractivity contribution is 7.99. The highest BCUT2D eigenvalue weighted by atomic mass is 32.2. The van der Waals surface area contributed by atoms with E-state index in [1.165, 1.54) is 55.1 Å². The first-order chi connectivity index (χ1) is 17.9. The summed E-state index contributed by atoms with van der Waals surface area (Å²) in [5.74, 6) is -1.38. The maximum absolute atomic E-state index is 13.3. The van der Waals surface area contributed by atoms with E-state index in [4.69, 9.17) is 14.9 Å². The van der Waals surface area contributed by atoms with Crippen molar-refractivity contribution >= 4 is 43.3 Å². The summed E-state index contributed by atoms with van der Waals surface area (Å²) < 4.78 is 15.5. The van der Waals surface area contributed by atoms with Gasteiger partial charge in [0.25, 0.3) is 0 Å². The number of phosphoric acid groups is 1. The zero-order valence-corrected chi connectivity index (χ0v) is 22.1. The Balaban J connectivity index is 1.68. The Bertz CT molecular complexity index is 1220. The normalized spacial score (nSPS) is 16.8. The predicted octanol–water partition coefficient (Wildman–Crippen LogP) is 1.16. The van der Waals surface area contributed by atoms with Crippen LogP contribution in [0.15, 0.2) is 48.5 Å². The predicted molar refractivity (Wildman–Crippen MR) is 138 cm³/mol. The minimum Gasteiger partial charge on any atom is -0.478 e. The first-order valence-electron chi connectivity index (χ1n) is 11.5. The number of carboxylic acids is 1. The molecule has 0 aliphatic carbocycles. The fourth-order valence-electron chi connectivity index (χ4n) is 3.80. The Labute approximate surface area is 223 Å². The number of rotatable bonds is 10. The first kappa shape index (κ1) is 29.2. The van der Waals surface area contributed by atoms with Crippen LogP contribution < -0.4 is 15.2 Å². The van der Waals surface area contributed by atoms with Crippen LogP contribution in [0.25, 0.3) is 0 Å². The second kappa shape index (κ2) is 12.9. The van der Waals surface area contributed by atoms with Crippen LogP contribution >= 0.6 is 19.6 Å². The van der Waals surface area contributed by atoms with Crippen LogP contribution in [0.4, 0.5) is 0 Å². The number of hydrogen-bond acceptors (Lipinski definition) is 7. The van der Waals surface area contributed by atoms with Crippen molar-refractivity contribution in [1.82, 2.24) is 15.5 Å². The molecule has 1 heterocycles. The van der Waals surface area contributed by atoms with Crippen molar-refractivity contribution in [2.45, 2.75) is 32.0 Å². The highest BCUT2D eigenvalue weighted by Gasteiger charge is 2.31. The molecule has 3 amide bonds. The van der Waals surface area contributed by atoms with Crippen LogP contribution in [0.3, 0.4) is 0 Å². The summed E-state index contributed by atoms with van der Waals surface area (Å²) in [5.41, 5.74) is 1.48. The van der Waals surface area contributed by atoms with Gasteiger partial charge in [0, 0.05) is 37.9 Å². The number of amides is 3. The van der Waals surface area contributed by atoms with E-state index in [-0.39, 0.29) is 30.2 Å². The molecule has 0 aromatic heterocycles. The molecule has 1 unspecified atom stereocenters. The second-order valence-corrected chi connectivity index (χ2v) is 10.9. The van der Waals surface area contributed by atoms with Gasteiger partial charge in [-0.15, -0.1) is 0 Å². The van der Waals surface area contributed by atoms with Gasteiger partial charge in [0.05, 0.1) is 5.56 Å². The van der Waals surface area contributed by atoms with Gasteiger partial charge in [-0.1, -0.05) is 24.3 Å². The van der Waals surface area contributed by atoms with Crippen LogP contribution in [0, 0.1) is 0 Å². The lowest BCUT2D eigenvalue weighted by atomic mass is 10.0. The molecular weight excluding hydrogens is 537 g/mol. The SMILES string of the molecule is CC(=O)NC(Cc1ccc(OP(=O)(O)O)cc1)C(=O)N[C@H]1CSCCN(Cc2ccc(C(=O)O)cc2)C1=O. The Hall–Kier alpha value is -3.38. The average molecular weight is 566 g/mol. The van der Waals surface area contributed by atoms with E-state index < -0.39 is 37.7 Å². The molecule has 5 N–H and O–H groups in total. The van der Waals surface area contributed by atoms with E-state index in [1.807, 2.05) is 0 Å². The fourth-order valence-corrected chi connectivity index (χ4v) is 5.17. The van der Waals surface area contributed by atoms with Crippen molar-refractivity contribution in [3.63, 3.8) is 0 Å². The number of hydrogen-bond donors (Lipinski definition) is 5. The van der Waals surface area contributed by atoms with E-state index in [0.29, 0.717) is 23.6 Å². The number of nitrogens with zero attached hydrogens (tertiary/aromatic N) is 1. The third-order valence-electron chi connectivity index (χ3n) is 5.57. The lowest BCUT2D eigenvalue weighted by Gasteiger charge is -2.26. The largest absolute Gasteiger partial charge is 0.524 e. The van der Waals surface area contributed by atoms with E-state index in [9.17, 15) is 23.7 Å². The lowest BCUT2D eigenvalue weighted by molar-refractivity contribution is -0.136. The quantitative estimate of drug-likeness (QED) is 0.262. The molecule has 2 aromatic rings. The number of phosphoric ester groups is 1. The van der Waals surface area contributed by atoms with Crippen molar-refractivity contribution in [2.24, 2.45) is 0 Å². The van der Waals surface area contributed by atoms with Crippen molar-refractivity contribution in [3.8, 4) is 5.75 Å². The number of nitrogens with one attached hydrogen (secondary N) is 2. The molecule has 1 aliphatic heterocycles. The van der Waals surface area contributed by atoms with Crippen LogP contribution in [0.2, 0.25) is 0 Å². The summed E-state index contributed by atoms with van der Waals surface area (Å²) in [4.78, 5) is 68.7. The van der Waals surface area contributed by atoms with E-state index in [1.54, 1.807) is 17.0 Å². The number of carboxylic acid groups (broad SMARTS) is 1. The van der Waals surface area contributed by atoms with Gasteiger partial charge in [-0.2, -0.15) is 11.8 Å². The number of carbonyl (C=O) groups is 4. The van der Waals surface area contributed by atoms with E-state index in [2.05, 4.69) is 15.2 Å². The second-order valence-electron chi connectivity index (χ2n) is 8.58. The summed E-state index contributed by atoms with van der Waals surface area (Å²) in [6.45, 7) is 1.97. The molecule has 1 aliphatic rings. The minimum absolute atomic E-state index is 0.0543. The topological polar surface area (TPSA) is 183 Å². The number of aromatic carboxylic acids is 1. The Morgan fingerprint density at radius 3 is 2.32 bits per heavy atom. The Morgan fingerprint density at radius 1 is 1.11 bits per heavy atom. The molecule has 12 nitrogen and oxygen atoms in total. The molecule has 0 spiro atoms.